The molecule has 17 heteroatoms. The summed E-state index contributed by atoms with van der Waals surface area (Å²) in [4.78, 5) is 68.5. The van der Waals surface area contributed by atoms with Crippen LogP contribution in [0.5, 0.6) is 17.2 Å². The lowest BCUT2D eigenvalue weighted by atomic mass is 9.64. The first-order valence-electron chi connectivity index (χ1n) is 25.1. The van der Waals surface area contributed by atoms with Crippen molar-refractivity contribution >= 4 is 40.6 Å². The van der Waals surface area contributed by atoms with Gasteiger partial charge in [-0.25, -0.2) is 14.4 Å². The van der Waals surface area contributed by atoms with E-state index in [1.807, 2.05) is 102 Å². The molecule has 0 unspecified atom stereocenters. The van der Waals surface area contributed by atoms with Crippen molar-refractivity contribution in [2.24, 2.45) is 5.92 Å². The molecule has 0 aliphatic carbocycles. The average molecular weight is 1020 g/mol. The Balaban J connectivity index is 1.17. The number of methoxy groups -OCH3 is 3. The number of cyclic esters (lactones) is 1. The number of carbonyl (C=O) groups excluding carboxylic acids is 4. The van der Waals surface area contributed by atoms with Crippen LogP contribution in [0.4, 0.5) is 10.5 Å². The van der Waals surface area contributed by atoms with Crippen LogP contribution < -0.4 is 19.1 Å². The van der Waals surface area contributed by atoms with E-state index in [9.17, 15) is 9.90 Å². The van der Waals surface area contributed by atoms with Crippen LogP contribution >= 0.6 is 0 Å². The van der Waals surface area contributed by atoms with E-state index in [1.165, 1.54) is 7.11 Å². The van der Waals surface area contributed by atoms with Crippen LogP contribution in [0, 0.1) is 17.8 Å². The van der Waals surface area contributed by atoms with E-state index in [0.717, 1.165) is 27.1 Å². The molecule has 1 aromatic heterocycles. The van der Waals surface area contributed by atoms with Crippen LogP contribution in [0.15, 0.2) is 140 Å². The molecular weight excluding hydrogens is 969 g/mol. The number of aliphatic hydroxyl groups is 1. The fourth-order valence-corrected chi connectivity index (χ4v) is 11.7. The second-order valence-electron chi connectivity index (χ2n) is 18.9. The van der Waals surface area contributed by atoms with Gasteiger partial charge in [0.1, 0.15) is 48.6 Å². The summed E-state index contributed by atoms with van der Waals surface area (Å²) < 4.78 is 36.7. The van der Waals surface area contributed by atoms with E-state index < -0.39 is 59.4 Å². The van der Waals surface area contributed by atoms with Gasteiger partial charge in [-0.05, 0) is 94.4 Å². The minimum atomic E-state index is -2.07. The summed E-state index contributed by atoms with van der Waals surface area (Å²) in [6.45, 7) is 0.160. The molecule has 6 atom stereocenters. The van der Waals surface area contributed by atoms with E-state index in [1.54, 1.807) is 66.3 Å². The number of morpholine rings is 1. The highest BCUT2D eigenvalue weighted by Gasteiger charge is 2.76. The molecule has 1 spiro atoms. The number of imide groups is 1. The standard InChI is InChI=1S/C59H54N6O11/c1-71-31-32-75-58(70)64-46-25-20-37(13-12-27-63-47-19-11-10-18-45(47)60-61-63)33-44(46)59(57(64)69)50(55(67)62-28-26-41-34-48(72-2)49(73-3)35-42(41)36-62)52-56(68)76-53(39-16-8-5-9-17-39)51(38-14-6-4-7-15-38)65(52)54(59)40-21-23-43(24-22-40)74-30-29-66/h4-11,14-25,33-35,50-54,66H,26-32,36H2,1-3H3/t50-,51-,52-,53+,54+,59-/m0/s1. The summed E-state index contributed by atoms with van der Waals surface area (Å²) in [5, 5.41) is 18.3. The Hall–Kier alpha value is -8.56. The molecule has 11 rings (SSSR count). The molecule has 2 fully saturated rings. The van der Waals surface area contributed by atoms with Crippen molar-refractivity contribution in [3.63, 3.8) is 0 Å². The minimum absolute atomic E-state index is 0.0265. The maximum atomic E-state index is 16.8. The topological polar surface area (TPSA) is 184 Å². The number of fused-ring (bicyclic) bond motifs is 5. The van der Waals surface area contributed by atoms with Crippen LogP contribution in [0.1, 0.15) is 57.1 Å². The van der Waals surface area contributed by atoms with E-state index in [4.69, 9.17) is 28.4 Å². The number of hydrogen-bond donors (Lipinski definition) is 1. The fraction of sp³-hybridized carbons (Fsp3) is 0.288. The predicted molar refractivity (Wildman–Crippen MR) is 277 cm³/mol. The lowest BCUT2D eigenvalue weighted by molar-refractivity contribution is -0.179. The largest absolute Gasteiger partial charge is 0.493 e. The van der Waals surface area contributed by atoms with Gasteiger partial charge in [-0.15, -0.1) is 5.10 Å². The zero-order chi connectivity index (χ0) is 52.5. The number of carbonyl (C=O) groups is 4. The number of anilines is 1. The number of hydrogen-bond acceptors (Lipinski definition) is 14. The van der Waals surface area contributed by atoms with Crippen molar-refractivity contribution in [2.45, 2.75) is 49.2 Å². The van der Waals surface area contributed by atoms with E-state index in [2.05, 4.69) is 22.2 Å². The number of aliphatic hydroxyl groups excluding tert-OH is 1. The van der Waals surface area contributed by atoms with E-state index in [0.29, 0.717) is 45.9 Å². The molecule has 17 nitrogen and oxygen atoms in total. The fourth-order valence-electron chi connectivity index (χ4n) is 11.7. The molecule has 1 N–H and O–H groups in total. The first kappa shape index (κ1) is 49.6. The Bertz CT molecular complexity index is 3400. The summed E-state index contributed by atoms with van der Waals surface area (Å²) in [5.41, 5.74) is 4.07. The highest BCUT2D eigenvalue weighted by molar-refractivity contribution is 6.23. The van der Waals surface area contributed by atoms with Crippen molar-refractivity contribution in [3.05, 3.63) is 178 Å². The van der Waals surface area contributed by atoms with Gasteiger partial charge < -0.3 is 38.4 Å². The molecule has 76 heavy (non-hydrogen) atoms. The number of ether oxygens (including phenoxy) is 6. The van der Waals surface area contributed by atoms with Gasteiger partial charge in [0.2, 0.25) is 11.8 Å². The summed E-state index contributed by atoms with van der Waals surface area (Å²) in [5.74, 6) is 4.43. The number of aromatic nitrogens is 3. The Morgan fingerprint density at radius 3 is 2.21 bits per heavy atom. The Morgan fingerprint density at radius 2 is 1.49 bits per heavy atom. The monoisotopic (exact) mass is 1020 g/mol. The highest BCUT2D eigenvalue weighted by atomic mass is 16.6. The lowest BCUT2D eigenvalue weighted by Crippen LogP contribution is -2.57. The minimum Gasteiger partial charge on any atom is -0.493 e. The number of para-hydroxylation sites is 1. The molecule has 6 aromatic carbocycles. The summed E-state index contributed by atoms with van der Waals surface area (Å²) >= 11 is 0. The second-order valence-corrected chi connectivity index (χ2v) is 18.9. The quantitative estimate of drug-likeness (QED) is 0.0715. The molecule has 3 amide bonds. The van der Waals surface area contributed by atoms with Crippen molar-refractivity contribution in [1.29, 1.82) is 0 Å². The smallest absolute Gasteiger partial charge is 0.421 e. The van der Waals surface area contributed by atoms with Gasteiger partial charge in [-0.3, -0.25) is 19.3 Å². The van der Waals surface area contributed by atoms with Crippen molar-refractivity contribution in [1.82, 2.24) is 24.8 Å². The molecule has 0 saturated carbocycles. The SMILES string of the molecule is COCCOC(=O)N1C(=O)[C@@]2(c3cc(C#CCn4nnc5ccccc54)ccc31)[C@H](C(=O)N1CCc3cc(OC)c(OC)cc3C1)[C@H]1C(=O)O[C@H](c3ccccc3)[C@H](c3ccccc3)N1[C@@H]2c1ccc(OCCO)cc1. The molecule has 386 valence electrons. The third-order valence-corrected chi connectivity index (χ3v) is 14.9. The summed E-state index contributed by atoms with van der Waals surface area (Å²) in [7, 11) is 4.58. The first-order valence-corrected chi connectivity index (χ1v) is 25.1. The van der Waals surface area contributed by atoms with E-state index >= 15 is 14.4 Å². The van der Waals surface area contributed by atoms with Crippen LogP contribution in [0.25, 0.3) is 11.0 Å². The van der Waals surface area contributed by atoms with Crippen molar-refractivity contribution in [3.8, 4) is 29.1 Å². The van der Waals surface area contributed by atoms with Crippen LogP contribution in [0.2, 0.25) is 0 Å². The molecule has 4 aliphatic rings. The number of benzene rings is 6. The molecule has 2 saturated heterocycles. The molecule has 4 aliphatic heterocycles. The van der Waals surface area contributed by atoms with Crippen molar-refractivity contribution < 1.29 is 52.7 Å². The summed E-state index contributed by atoms with van der Waals surface area (Å²) in [6.07, 6.45) is -1.50. The van der Waals surface area contributed by atoms with Crippen LogP contribution in [0.3, 0.4) is 0 Å². The number of esters is 1. The average Bonchev–Trinajstić information content (AvgIpc) is 4.17. The third kappa shape index (κ3) is 8.53. The Kier molecular flexibility index (Phi) is 13.7. The lowest BCUT2D eigenvalue weighted by Gasteiger charge is -2.46. The molecule has 0 radical (unpaired) electrons. The summed E-state index contributed by atoms with van der Waals surface area (Å²) in [6, 6.07) is 39.1. The molecule has 7 aromatic rings. The molecule has 0 bridgehead atoms. The maximum Gasteiger partial charge on any atom is 0.421 e. The van der Waals surface area contributed by atoms with Gasteiger partial charge >= 0.3 is 12.1 Å². The highest BCUT2D eigenvalue weighted by Crippen LogP contribution is 2.66. The second kappa shape index (κ2) is 21.0. The number of nitrogens with zero attached hydrogens (tertiary/aromatic N) is 6. The zero-order valence-electron chi connectivity index (χ0n) is 42.0. The maximum absolute atomic E-state index is 16.8. The van der Waals surface area contributed by atoms with Gasteiger partial charge in [-0.2, -0.15) is 0 Å². The number of amides is 3. The Morgan fingerprint density at radius 1 is 0.776 bits per heavy atom. The van der Waals surface area contributed by atoms with E-state index in [-0.39, 0.29) is 57.3 Å². The predicted octanol–water partition coefficient (Wildman–Crippen LogP) is 6.90. The van der Waals surface area contributed by atoms with Gasteiger partial charge in [0.15, 0.2) is 11.5 Å². The van der Waals surface area contributed by atoms with Crippen molar-refractivity contribution in [2.75, 3.05) is 59.2 Å². The number of rotatable bonds is 13. The van der Waals surface area contributed by atoms with Crippen LogP contribution in [-0.4, -0.2) is 114 Å². The third-order valence-electron chi connectivity index (χ3n) is 14.9. The Labute approximate surface area is 438 Å². The van der Waals surface area contributed by atoms with Gasteiger partial charge in [0, 0.05) is 25.8 Å². The first-order chi connectivity index (χ1) is 37.2. The normalized spacial score (nSPS) is 21.6. The van der Waals surface area contributed by atoms with Gasteiger partial charge in [0.25, 0.3) is 0 Å². The molecular formula is C59H54N6O11. The van der Waals surface area contributed by atoms with Gasteiger partial charge in [-0.1, -0.05) is 102 Å². The molecule has 5 heterocycles. The van der Waals surface area contributed by atoms with Crippen LogP contribution in [-0.2, 0) is 53.5 Å². The van der Waals surface area contributed by atoms with Gasteiger partial charge in [0.05, 0.1) is 56.6 Å². The zero-order valence-corrected chi connectivity index (χ0v) is 42.0.